The van der Waals surface area contributed by atoms with Crippen molar-refractivity contribution in [1.82, 2.24) is 15.2 Å². The van der Waals surface area contributed by atoms with Crippen molar-refractivity contribution >= 4 is 6.03 Å². The van der Waals surface area contributed by atoms with E-state index in [1.165, 1.54) is 6.42 Å². The summed E-state index contributed by atoms with van der Waals surface area (Å²) >= 11 is 0. The number of nitrogens with zero attached hydrogens (tertiary/aromatic N) is 2. The highest BCUT2D eigenvalue weighted by Gasteiger charge is 2.40. The van der Waals surface area contributed by atoms with Crippen molar-refractivity contribution < 1.29 is 14.3 Å². The Morgan fingerprint density at radius 2 is 2.25 bits per heavy atom. The fourth-order valence-corrected chi connectivity index (χ4v) is 3.10. The monoisotopic (exact) mass is 333 g/mol. The van der Waals surface area contributed by atoms with Gasteiger partial charge in [0.2, 0.25) is 5.88 Å². The van der Waals surface area contributed by atoms with E-state index >= 15 is 0 Å². The normalized spacial score (nSPS) is 19.3. The van der Waals surface area contributed by atoms with Crippen LogP contribution in [0.3, 0.4) is 0 Å². The lowest BCUT2D eigenvalue weighted by atomic mass is 9.79. The Labute approximate surface area is 143 Å². The molecule has 2 heterocycles. The van der Waals surface area contributed by atoms with Crippen molar-refractivity contribution in [3.8, 4) is 5.88 Å². The van der Waals surface area contributed by atoms with Crippen LogP contribution in [0, 0.1) is 5.41 Å². The molecule has 0 aromatic carbocycles. The number of methoxy groups -OCH3 is 1. The van der Waals surface area contributed by atoms with Crippen LogP contribution in [-0.4, -0.2) is 48.8 Å². The van der Waals surface area contributed by atoms with Crippen molar-refractivity contribution in [3.63, 3.8) is 0 Å². The highest BCUT2D eigenvalue weighted by molar-refractivity contribution is 5.75. The zero-order valence-electron chi connectivity index (χ0n) is 14.6. The van der Waals surface area contributed by atoms with E-state index < -0.39 is 0 Å². The molecule has 0 unspecified atom stereocenters. The van der Waals surface area contributed by atoms with Gasteiger partial charge >= 0.3 is 6.03 Å². The summed E-state index contributed by atoms with van der Waals surface area (Å²) in [6.07, 6.45) is 6.49. The SMILES string of the molecule is COCCC1(C)CN(C(=O)NCc2ccnc(OC3CCC3)c2)C1. The van der Waals surface area contributed by atoms with Gasteiger partial charge in [-0.25, -0.2) is 9.78 Å². The minimum Gasteiger partial charge on any atom is -0.474 e. The third-order valence-corrected chi connectivity index (χ3v) is 4.92. The van der Waals surface area contributed by atoms with Crippen LogP contribution in [0.4, 0.5) is 4.79 Å². The van der Waals surface area contributed by atoms with Gasteiger partial charge < -0.3 is 19.7 Å². The Bertz CT molecular complexity index is 568. The molecular formula is C18H27N3O3. The van der Waals surface area contributed by atoms with Crippen LogP contribution in [0.1, 0.15) is 38.2 Å². The molecule has 0 atom stereocenters. The lowest BCUT2D eigenvalue weighted by Crippen LogP contribution is -2.59. The van der Waals surface area contributed by atoms with Gasteiger partial charge in [0, 0.05) is 51.0 Å². The summed E-state index contributed by atoms with van der Waals surface area (Å²) in [7, 11) is 1.71. The fraction of sp³-hybridized carbons (Fsp3) is 0.667. The number of likely N-dealkylation sites (tertiary alicyclic amines) is 1. The van der Waals surface area contributed by atoms with Crippen molar-refractivity contribution in [2.45, 2.75) is 45.3 Å². The van der Waals surface area contributed by atoms with Gasteiger partial charge in [-0.2, -0.15) is 0 Å². The minimum atomic E-state index is -0.0110. The first-order valence-corrected chi connectivity index (χ1v) is 8.71. The second-order valence-corrected chi connectivity index (χ2v) is 7.24. The molecule has 0 radical (unpaired) electrons. The summed E-state index contributed by atoms with van der Waals surface area (Å²) in [6, 6.07) is 3.81. The van der Waals surface area contributed by atoms with Gasteiger partial charge in [0.25, 0.3) is 0 Å². The zero-order chi connectivity index (χ0) is 17.0. The van der Waals surface area contributed by atoms with Gasteiger partial charge in [-0.15, -0.1) is 0 Å². The lowest BCUT2D eigenvalue weighted by molar-refractivity contribution is 0.0188. The summed E-state index contributed by atoms with van der Waals surface area (Å²) in [4.78, 5) is 18.3. The fourth-order valence-electron chi connectivity index (χ4n) is 3.10. The molecular weight excluding hydrogens is 306 g/mol. The smallest absolute Gasteiger partial charge is 0.317 e. The maximum Gasteiger partial charge on any atom is 0.317 e. The number of carbonyl (C=O) groups excluding carboxylic acids is 1. The number of urea groups is 1. The molecule has 2 amide bonds. The predicted molar refractivity (Wildman–Crippen MR) is 90.9 cm³/mol. The van der Waals surface area contributed by atoms with E-state index in [9.17, 15) is 4.79 Å². The Morgan fingerprint density at radius 3 is 2.92 bits per heavy atom. The molecule has 1 saturated carbocycles. The van der Waals surface area contributed by atoms with Crippen LogP contribution in [0.2, 0.25) is 0 Å². The second-order valence-electron chi connectivity index (χ2n) is 7.24. The summed E-state index contributed by atoms with van der Waals surface area (Å²) in [5.74, 6) is 0.655. The van der Waals surface area contributed by atoms with Crippen molar-refractivity contribution in [1.29, 1.82) is 0 Å². The molecule has 3 rings (SSSR count). The van der Waals surface area contributed by atoms with Crippen LogP contribution >= 0.6 is 0 Å². The molecule has 2 fully saturated rings. The number of rotatable bonds is 7. The molecule has 1 aromatic rings. The van der Waals surface area contributed by atoms with Gasteiger partial charge in [0.1, 0.15) is 6.10 Å². The third-order valence-electron chi connectivity index (χ3n) is 4.92. The van der Waals surface area contributed by atoms with Crippen LogP contribution in [-0.2, 0) is 11.3 Å². The molecule has 0 spiro atoms. The average molecular weight is 333 g/mol. The number of hydrogen-bond acceptors (Lipinski definition) is 4. The van der Waals surface area contributed by atoms with Crippen LogP contribution in [0.5, 0.6) is 5.88 Å². The molecule has 24 heavy (non-hydrogen) atoms. The van der Waals surface area contributed by atoms with Crippen molar-refractivity contribution in [3.05, 3.63) is 23.9 Å². The second kappa shape index (κ2) is 7.38. The number of amides is 2. The highest BCUT2D eigenvalue weighted by Crippen LogP contribution is 2.33. The van der Waals surface area contributed by atoms with E-state index in [1.54, 1.807) is 13.3 Å². The Kier molecular flexibility index (Phi) is 5.23. The van der Waals surface area contributed by atoms with Gasteiger partial charge in [0.15, 0.2) is 0 Å². The average Bonchev–Trinajstić information content (AvgIpc) is 2.52. The minimum absolute atomic E-state index is 0.0110. The number of ether oxygens (including phenoxy) is 2. The van der Waals surface area contributed by atoms with Crippen molar-refractivity contribution in [2.75, 3.05) is 26.8 Å². The number of carbonyl (C=O) groups is 1. The predicted octanol–water partition coefficient (Wildman–Crippen LogP) is 2.58. The summed E-state index contributed by atoms with van der Waals surface area (Å²) in [5.41, 5.74) is 1.20. The van der Waals surface area contributed by atoms with Crippen molar-refractivity contribution in [2.24, 2.45) is 5.41 Å². The number of aromatic nitrogens is 1. The van der Waals surface area contributed by atoms with E-state index in [0.717, 1.165) is 44.5 Å². The quantitative estimate of drug-likeness (QED) is 0.833. The van der Waals surface area contributed by atoms with Crippen LogP contribution in [0.15, 0.2) is 18.3 Å². The van der Waals surface area contributed by atoms with Gasteiger partial charge in [0.05, 0.1) is 0 Å². The molecule has 1 N–H and O–H groups in total. The van der Waals surface area contributed by atoms with E-state index in [2.05, 4.69) is 17.2 Å². The Hall–Kier alpha value is -1.82. The first-order valence-electron chi connectivity index (χ1n) is 8.71. The van der Waals surface area contributed by atoms with E-state index in [-0.39, 0.29) is 11.4 Å². The Balaban J connectivity index is 1.42. The molecule has 1 saturated heterocycles. The summed E-state index contributed by atoms with van der Waals surface area (Å²) in [5, 5.41) is 2.98. The lowest BCUT2D eigenvalue weighted by Gasteiger charge is -2.48. The molecule has 6 heteroatoms. The largest absolute Gasteiger partial charge is 0.474 e. The first-order chi connectivity index (χ1) is 11.6. The molecule has 1 aliphatic carbocycles. The van der Waals surface area contributed by atoms with E-state index in [0.29, 0.717) is 18.5 Å². The topological polar surface area (TPSA) is 63.7 Å². The van der Waals surface area contributed by atoms with Crippen LogP contribution < -0.4 is 10.1 Å². The maximum absolute atomic E-state index is 12.2. The van der Waals surface area contributed by atoms with E-state index in [1.807, 2.05) is 17.0 Å². The molecule has 0 bridgehead atoms. The number of pyridine rings is 1. The standard InChI is InChI=1S/C18H27N3O3/c1-18(7-9-23-2)12-21(13-18)17(22)20-11-14-6-8-19-16(10-14)24-15-4-3-5-15/h6,8,10,15H,3-5,7,9,11-13H2,1-2H3,(H,20,22). The maximum atomic E-state index is 12.2. The van der Waals surface area contributed by atoms with Gasteiger partial charge in [-0.3, -0.25) is 0 Å². The van der Waals surface area contributed by atoms with E-state index in [4.69, 9.17) is 9.47 Å². The number of nitrogens with one attached hydrogen (secondary N) is 1. The summed E-state index contributed by atoms with van der Waals surface area (Å²) in [6.45, 7) is 5.01. The number of hydrogen-bond donors (Lipinski definition) is 1. The molecule has 6 nitrogen and oxygen atoms in total. The highest BCUT2D eigenvalue weighted by atomic mass is 16.5. The molecule has 132 valence electrons. The zero-order valence-corrected chi connectivity index (χ0v) is 14.6. The van der Waals surface area contributed by atoms with Crippen LogP contribution in [0.25, 0.3) is 0 Å². The molecule has 2 aliphatic rings. The van der Waals surface area contributed by atoms with Gasteiger partial charge in [-0.05, 0) is 37.3 Å². The third kappa shape index (κ3) is 4.17. The first kappa shape index (κ1) is 17.0. The molecule has 1 aliphatic heterocycles. The molecule has 1 aromatic heterocycles. The summed E-state index contributed by atoms with van der Waals surface area (Å²) < 4.78 is 10.9. The van der Waals surface area contributed by atoms with Gasteiger partial charge in [-0.1, -0.05) is 6.92 Å². The Morgan fingerprint density at radius 1 is 1.46 bits per heavy atom.